The first-order chi connectivity index (χ1) is 48.0. The van der Waals surface area contributed by atoms with E-state index in [1.165, 1.54) is 49.3 Å². The van der Waals surface area contributed by atoms with Gasteiger partial charge in [-0.05, 0) is 146 Å². The van der Waals surface area contributed by atoms with Gasteiger partial charge < -0.3 is 19.4 Å². The average Bonchev–Trinajstić information content (AvgIpc) is 1.61. The largest absolute Gasteiger partial charge is 0.356 e. The summed E-state index contributed by atoms with van der Waals surface area (Å²) in [4.78, 5) is 22.2. The zero-order chi connectivity index (χ0) is 64.9. The van der Waals surface area contributed by atoms with Crippen LogP contribution in [0.4, 0.5) is 28.4 Å². The maximum absolute atomic E-state index is 5.11. The highest BCUT2D eigenvalue weighted by atomic mass is 79.9. The monoisotopic (exact) mass is 1320 g/mol. The van der Waals surface area contributed by atoms with E-state index >= 15 is 0 Å². The van der Waals surface area contributed by atoms with Gasteiger partial charge in [0.1, 0.15) is 0 Å². The minimum Gasteiger partial charge on any atom is -0.356 e. The van der Waals surface area contributed by atoms with Crippen LogP contribution >= 0.6 is 15.9 Å². The van der Waals surface area contributed by atoms with E-state index in [0.29, 0.717) is 0 Å². The number of hydrogen-bond donors (Lipinski definition) is 1. The summed E-state index contributed by atoms with van der Waals surface area (Å²) in [7, 11) is 0. The van der Waals surface area contributed by atoms with Crippen LogP contribution in [0.3, 0.4) is 0 Å². The van der Waals surface area contributed by atoms with Gasteiger partial charge in [0, 0.05) is 88.1 Å². The molecule has 0 bridgehead atoms. The number of nitrogens with zero attached hydrogens (tertiary/aromatic N) is 7. The van der Waals surface area contributed by atoms with Crippen molar-refractivity contribution in [1.29, 1.82) is 0 Å². The molecule has 0 aliphatic rings. The number of rotatable bonds is 11. The highest BCUT2D eigenvalue weighted by molar-refractivity contribution is 9.10. The molecule has 1 N–H and O–H groups in total. The van der Waals surface area contributed by atoms with Crippen LogP contribution in [0.5, 0.6) is 0 Å². The third-order valence-electron chi connectivity index (χ3n) is 17.5. The van der Waals surface area contributed by atoms with Crippen LogP contribution in [-0.4, -0.2) is 29.1 Å². The molecule has 0 radical (unpaired) electrons. The van der Waals surface area contributed by atoms with Crippen LogP contribution in [-0.2, 0) is 0 Å². The Hall–Kier alpha value is -12.6. The number of para-hydroxylation sites is 10. The fourth-order valence-electron chi connectivity index (χ4n) is 12.9. The standard InChI is InChI=1S/C44H30N4.C24H18N2.C20H13BrN2.CH4/c1-3-13-31(14-4-1)43-44(46-40-20-10-9-19-39(40)45-43)32-23-25-34(26-24-32)47(33-15-5-2-6-16-33)35-27-29-36(30-28-35)48-41-21-11-7-17-37(41)38-18-8-12-22-42(38)48;1-2-8-18(9-3-1)25-19-14-16-20(17-15-19)26-23-12-6-4-10-21(23)22-11-5-7-13-24(22)26;21-16-12-10-15(11-13-16)20-19(14-6-2-1-3-7-14)22-17-8-4-5-9-18(17)23-20;/h1-30H;1-17,25H;1-13H;1H4. The lowest BCUT2D eigenvalue weighted by atomic mass is 10.0. The fraction of sp³-hybridized carbons (Fsp3) is 0.0112. The molecule has 0 atom stereocenters. The smallest absolute Gasteiger partial charge is 0.0973 e. The van der Waals surface area contributed by atoms with E-state index < -0.39 is 0 Å². The molecule has 0 amide bonds. The molecule has 98 heavy (non-hydrogen) atoms. The van der Waals surface area contributed by atoms with Crippen molar-refractivity contribution in [2.45, 2.75) is 7.43 Å². The highest BCUT2D eigenvalue weighted by Gasteiger charge is 2.19. The molecule has 8 nitrogen and oxygen atoms in total. The zero-order valence-corrected chi connectivity index (χ0v) is 54.2. The van der Waals surface area contributed by atoms with E-state index in [9.17, 15) is 0 Å². The molecule has 18 aromatic rings. The van der Waals surface area contributed by atoms with Gasteiger partial charge >= 0.3 is 0 Å². The predicted molar refractivity (Wildman–Crippen MR) is 415 cm³/mol. The van der Waals surface area contributed by atoms with Crippen LogP contribution in [0, 0.1) is 0 Å². The van der Waals surface area contributed by atoms with Crippen LogP contribution in [0.1, 0.15) is 7.43 Å². The molecule has 0 fully saturated rings. The summed E-state index contributed by atoms with van der Waals surface area (Å²) in [5, 5.41) is 8.53. The highest BCUT2D eigenvalue weighted by Crippen LogP contribution is 2.40. The number of nitrogens with one attached hydrogen (secondary N) is 1. The number of halogens is 1. The van der Waals surface area contributed by atoms with Crippen molar-refractivity contribution in [1.82, 2.24) is 29.1 Å². The zero-order valence-electron chi connectivity index (χ0n) is 52.6. The Morgan fingerprint density at radius 2 is 0.510 bits per heavy atom. The van der Waals surface area contributed by atoms with Crippen molar-refractivity contribution >= 4 is 110 Å². The summed E-state index contributed by atoms with van der Waals surface area (Å²) < 4.78 is 5.73. The van der Waals surface area contributed by atoms with Gasteiger partial charge in [0.25, 0.3) is 0 Å². The van der Waals surface area contributed by atoms with Crippen LogP contribution in [0.15, 0.2) is 368 Å². The summed E-state index contributed by atoms with van der Waals surface area (Å²) in [6.45, 7) is 0. The molecular weight excluding hydrogens is 1260 g/mol. The van der Waals surface area contributed by atoms with Gasteiger partial charge in [-0.2, -0.15) is 0 Å². The van der Waals surface area contributed by atoms with Crippen molar-refractivity contribution in [3.63, 3.8) is 0 Å². The van der Waals surface area contributed by atoms with Crippen molar-refractivity contribution in [3.05, 3.63) is 368 Å². The number of hydrogen-bond acceptors (Lipinski definition) is 6. The van der Waals surface area contributed by atoms with Crippen molar-refractivity contribution in [2.75, 3.05) is 10.2 Å². The molecule has 0 saturated heterocycles. The number of anilines is 5. The van der Waals surface area contributed by atoms with Crippen molar-refractivity contribution < 1.29 is 0 Å². The molecule has 0 aliphatic heterocycles. The second-order valence-corrected chi connectivity index (χ2v) is 24.5. The van der Waals surface area contributed by atoms with Crippen LogP contribution in [0.2, 0.25) is 0 Å². The summed E-state index contributed by atoms with van der Waals surface area (Å²) in [5.74, 6) is 0. The molecule has 14 aromatic carbocycles. The Labute approximate surface area is 577 Å². The lowest BCUT2D eigenvalue weighted by Crippen LogP contribution is -2.10. The van der Waals surface area contributed by atoms with Gasteiger partial charge in [-0.1, -0.05) is 242 Å². The fourth-order valence-corrected chi connectivity index (χ4v) is 13.2. The molecule has 0 saturated carbocycles. The third kappa shape index (κ3) is 12.4. The first-order valence-electron chi connectivity index (χ1n) is 32.4. The molecular formula is C89H65BrN8. The first kappa shape index (κ1) is 61.6. The molecule has 468 valence electrons. The number of fused-ring (bicyclic) bond motifs is 8. The van der Waals surface area contributed by atoms with Gasteiger partial charge in [0.2, 0.25) is 0 Å². The Kier molecular flexibility index (Phi) is 17.5. The predicted octanol–water partition coefficient (Wildman–Crippen LogP) is 24.4. The maximum atomic E-state index is 5.11. The minimum absolute atomic E-state index is 0. The number of benzene rings is 14. The van der Waals surface area contributed by atoms with Gasteiger partial charge in [-0.3, -0.25) is 0 Å². The minimum atomic E-state index is 0. The van der Waals surface area contributed by atoms with Crippen LogP contribution in [0.25, 0.3) is 122 Å². The SMILES string of the molecule is Brc1ccc(-c2nc3ccccc3nc2-c2ccccc2)cc1.C.c1ccc(-c2nc3ccccc3nc2-c2ccc(N(c3ccccc3)c3ccc(-n4c5ccccc5c5ccccc54)cc3)cc2)cc1.c1ccc(Nc2ccc(-n3c4ccccc4c4ccccc43)cc2)cc1. The van der Waals surface area contributed by atoms with Gasteiger partial charge in [0.15, 0.2) is 0 Å². The Morgan fingerprint density at radius 3 is 0.888 bits per heavy atom. The Bertz CT molecular complexity index is 5660. The Morgan fingerprint density at radius 1 is 0.245 bits per heavy atom. The van der Waals surface area contributed by atoms with Gasteiger partial charge in [-0.15, -0.1) is 0 Å². The second kappa shape index (κ2) is 27.8. The van der Waals surface area contributed by atoms with Crippen LogP contribution < -0.4 is 10.2 Å². The summed E-state index contributed by atoms with van der Waals surface area (Å²) in [6, 6.07) is 126. The Balaban J connectivity index is 0.000000132. The van der Waals surface area contributed by atoms with E-state index in [4.69, 9.17) is 19.9 Å². The molecule has 18 rings (SSSR count). The molecule has 9 heteroatoms. The topological polar surface area (TPSA) is 76.7 Å². The summed E-state index contributed by atoms with van der Waals surface area (Å²) in [5.41, 5.74) is 23.9. The lowest BCUT2D eigenvalue weighted by molar-refractivity contribution is 1.17. The van der Waals surface area contributed by atoms with E-state index in [1.54, 1.807) is 0 Å². The average molecular weight is 1330 g/mol. The summed E-state index contributed by atoms with van der Waals surface area (Å²) >= 11 is 3.49. The quantitative estimate of drug-likeness (QED) is 0.139. The molecule has 4 heterocycles. The molecule has 0 unspecified atom stereocenters. The maximum Gasteiger partial charge on any atom is 0.0973 e. The molecule has 0 aliphatic carbocycles. The third-order valence-corrected chi connectivity index (χ3v) is 18.0. The first-order valence-corrected chi connectivity index (χ1v) is 33.2. The summed E-state index contributed by atoms with van der Waals surface area (Å²) in [6.07, 6.45) is 0. The lowest BCUT2D eigenvalue weighted by Gasteiger charge is -2.26. The van der Waals surface area contributed by atoms with E-state index in [1.807, 2.05) is 115 Å². The number of aromatic nitrogens is 6. The molecule has 4 aromatic heterocycles. The van der Waals surface area contributed by atoms with E-state index in [-0.39, 0.29) is 7.43 Å². The van der Waals surface area contributed by atoms with Gasteiger partial charge in [0.05, 0.1) is 66.9 Å². The van der Waals surface area contributed by atoms with E-state index in [2.05, 4.69) is 284 Å². The van der Waals surface area contributed by atoms with Crippen molar-refractivity contribution in [2.24, 2.45) is 0 Å². The van der Waals surface area contributed by atoms with E-state index in [0.717, 1.165) is 106 Å². The molecule has 0 spiro atoms. The van der Waals surface area contributed by atoms with Gasteiger partial charge in [-0.25, -0.2) is 19.9 Å². The van der Waals surface area contributed by atoms with Crippen molar-refractivity contribution in [3.8, 4) is 56.4 Å². The second-order valence-electron chi connectivity index (χ2n) is 23.6. The normalized spacial score (nSPS) is 11.0.